The van der Waals surface area contributed by atoms with Crippen LogP contribution in [0, 0.1) is 12.7 Å². The van der Waals surface area contributed by atoms with Crippen molar-refractivity contribution in [3.05, 3.63) is 76.4 Å². The summed E-state index contributed by atoms with van der Waals surface area (Å²) < 4.78 is 20.6. The molecule has 3 aromatic rings. The Hall–Kier alpha value is -3.10. The van der Waals surface area contributed by atoms with E-state index in [4.69, 9.17) is 4.74 Å². The third-order valence-corrected chi connectivity index (χ3v) is 6.49. The fourth-order valence-electron chi connectivity index (χ4n) is 4.69. The first-order valence-corrected chi connectivity index (χ1v) is 11.5. The molecule has 0 aliphatic carbocycles. The smallest absolute Gasteiger partial charge is 0.273 e. The summed E-state index contributed by atoms with van der Waals surface area (Å²) in [5.41, 5.74) is 5.60. The Morgan fingerprint density at radius 3 is 2.88 bits per heavy atom. The van der Waals surface area contributed by atoms with Crippen LogP contribution in [0.2, 0.25) is 0 Å². The number of ether oxygens (including phenoxy) is 1. The molecule has 1 unspecified atom stereocenters. The molecular formula is C25H28FN5O2. The zero-order valence-corrected chi connectivity index (χ0v) is 18.8. The third kappa shape index (κ3) is 4.67. The van der Waals surface area contributed by atoms with Crippen molar-refractivity contribution in [2.24, 2.45) is 0 Å². The third-order valence-electron chi connectivity index (χ3n) is 6.49. The number of aromatic nitrogens is 3. The predicted octanol–water partition coefficient (Wildman–Crippen LogP) is 3.18. The van der Waals surface area contributed by atoms with E-state index in [9.17, 15) is 9.18 Å². The minimum Gasteiger partial charge on any atom is -0.376 e. The summed E-state index contributed by atoms with van der Waals surface area (Å²) in [6.45, 7) is 5.62. The minimum absolute atomic E-state index is 0.0864. The molecule has 172 valence electrons. The summed E-state index contributed by atoms with van der Waals surface area (Å²) >= 11 is 0. The second-order valence-electron chi connectivity index (χ2n) is 8.78. The van der Waals surface area contributed by atoms with E-state index in [0.29, 0.717) is 12.2 Å². The van der Waals surface area contributed by atoms with Gasteiger partial charge in [-0.15, -0.1) is 5.10 Å². The summed E-state index contributed by atoms with van der Waals surface area (Å²) in [5.74, 6) is -0.431. The van der Waals surface area contributed by atoms with E-state index in [0.717, 1.165) is 62.4 Å². The molecule has 8 heteroatoms. The van der Waals surface area contributed by atoms with Gasteiger partial charge in [0.2, 0.25) is 0 Å². The fraction of sp³-hybridized carbons (Fsp3) is 0.400. The van der Waals surface area contributed by atoms with E-state index in [-0.39, 0.29) is 17.8 Å². The number of benzene rings is 2. The van der Waals surface area contributed by atoms with E-state index in [2.05, 4.69) is 26.6 Å². The highest BCUT2D eigenvalue weighted by Crippen LogP contribution is 2.27. The Morgan fingerprint density at radius 2 is 2.09 bits per heavy atom. The molecule has 33 heavy (non-hydrogen) atoms. The maximum absolute atomic E-state index is 13.2. The van der Waals surface area contributed by atoms with Crippen LogP contribution >= 0.6 is 0 Å². The fourth-order valence-corrected chi connectivity index (χ4v) is 4.69. The van der Waals surface area contributed by atoms with Gasteiger partial charge in [-0.05, 0) is 61.1 Å². The lowest BCUT2D eigenvalue weighted by molar-refractivity contribution is 0.0853. The van der Waals surface area contributed by atoms with Crippen LogP contribution in [-0.4, -0.2) is 51.6 Å². The number of carbonyl (C=O) groups is 1. The zero-order valence-electron chi connectivity index (χ0n) is 18.8. The van der Waals surface area contributed by atoms with E-state index < -0.39 is 0 Å². The van der Waals surface area contributed by atoms with Gasteiger partial charge in [-0.2, -0.15) is 0 Å². The number of nitrogens with one attached hydrogen (secondary N) is 1. The molecule has 2 aromatic carbocycles. The van der Waals surface area contributed by atoms with Gasteiger partial charge in [0.1, 0.15) is 5.82 Å². The Bertz CT molecular complexity index is 1140. The van der Waals surface area contributed by atoms with Crippen molar-refractivity contribution < 1.29 is 13.9 Å². The molecule has 1 atom stereocenters. The van der Waals surface area contributed by atoms with Crippen molar-refractivity contribution >= 4 is 5.91 Å². The SMILES string of the molecule is Cc1c(C(=O)NCC2CCCO2)nnn1-c1cccc2c1CCN(Cc1ccc(F)cc1)C2. The second kappa shape index (κ2) is 9.41. The summed E-state index contributed by atoms with van der Waals surface area (Å²) in [4.78, 5) is 15.0. The zero-order chi connectivity index (χ0) is 22.8. The van der Waals surface area contributed by atoms with Crippen LogP contribution in [-0.2, 0) is 24.2 Å². The number of hydrogen-bond acceptors (Lipinski definition) is 5. The molecule has 0 saturated carbocycles. The van der Waals surface area contributed by atoms with Gasteiger partial charge in [-0.3, -0.25) is 9.69 Å². The predicted molar refractivity (Wildman–Crippen MR) is 122 cm³/mol. The molecule has 0 spiro atoms. The van der Waals surface area contributed by atoms with Crippen LogP contribution in [0.15, 0.2) is 42.5 Å². The van der Waals surface area contributed by atoms with E-state index in [1.54, 1.807) is 4.68 Å². The summed E-state index contributed by atoms with van der Waals surface area (Å²) in [7, 11) is 0. The quantitative estimate of drug-likeness (QED) is 0.626. The van der Waals surface area contributed by atoms with Gasteiger partial charge < -0.3 is 10.1 Å². The lowest BCUT2D eigenvalue weighted by Crippen LogP contribution is -2.32. The van der Waals surface area contributed by atoms with Crippen molar-refractivity contribution in [3.63, 3.8) is 0 Å². The van der Waals surface area contributed by atoms with Gasteiger partial charge in [-0.25, -0.2) is 9.07 Å². The summed E-state index contributed by atoms with van der Waals surface area (Å²) in [6.07, 6.45) is 2.96. The topological polar surface area (TPSA) is 72.3 Å². The van der Waals surface area contributed by atoms with Crippen molar-refractivity contribution in [2.75, 3.05) is 19.7 Å². The van der Waals surface area contributed by atoms with Crippen molar-refractivity contribution in [1.29, 1.82) is 0 Å². The number of rotatable bonds is 6. The molecular weight excluding hydrogens is 421 g/mol. The van der Waals surface area contributed by atoms with Gasteiger partial charge in [-0.1, -0.05) is 29.5 Å². The number of halogens is 1. The van der Waals surface area contributed by atoms with Gasteiger partial charge in [0.05, 0.1) is 17.5 Å². The number of fused-ring (bicyclic) bond motifs is 1. The van der Waals surface area contributed by atoms with Crippen LogP contribution in [0.1, 0.15) is 45.7 Å². The average molecular weight is 450 g/mol. The molecule has 0 radical (unpaired) electrons. The van der Waals surface area contributed by atoms with Gasteiger partial charge in [0.15, 0.2) is 5.69 Å². The Balaban J connectivity index is 1.31. The van der Waals surface area contributed by atoms with Crippen LogP contribution in [0.25, 0.3) is 5.69 Å². The Labute approximate surface area is 192 Å². The normalized spacial score (nSPS) is 18.3. The van der Waals surface area contributed by atoms with Crippen LogP contribution in [0.3, 0.4) is 0 Å². The van der Waals surface area contributed by atoms with E-state index >= 15 is 0 Å². The lowest BCUT2D eigenvalue weighted by atomic mass is 9.97. The highest BCUT2D eigenvalue weighted by molar-refractivity contribution is 5.93. The molecule has 3 heterocycles. The Morgan fingerprint density at radius 1 is 1.24 bits per heavy atom. The van der Waals surface area contributed by atoms with E-state index in [1.165, 1.54) is 23.3 Å². The number of hydrogen-bond donors (Lipinski definition) is 1. The maximum Gasteiger partial charge on any atom is 0.273 e. The molecule has 2 aliphatic rings. The largest absolute Gasteiger partial charge is 0.376 e. The summed E-state index contributed by atoms with van der Waals surface area (Å²) in [6, 6.07) is 12.9. The molecule has 7 nitrogen and oxygen atoms in total. The number of amides is 1. The Kier molecular flexibility index (Phi) is 6.20. The molecule has 1 aromatic heterocycles. The monoisotopic (exact) mass is 449 g/mol. The molecule has 2 aliphatic heterocycles. The average Bonchev–Trinajstić information content (AvgIpc) is 3.48. The van der Waals surface area contributed by atoms with Crippen LogP contribution in [0.5, 0.6) is 0 Å². The van der Waals surface area contributed by atoms with Crippen molar-refractivity contribution in [3.8, 4) is 5.69 Å². The number of carbonyl (C=O) groups excluding carboxylic acids is 1. The molecule has 1 fully saturated rings. The standard InChI is InChI=1S/C25H28FN5O2/c1-17-24(25(32)27-14-21-5-3-13-33-21)28-29-31(17)23-6-2-4-19-16-30(12-11-22(19)23)15-18-7-9-20(26)10-8-18/h2,4,6-10,21H,3,5,11-16H2,1H3,(H,27,32). The van der Waals surface area contributed by atoms with Gasteiger partial charge in [0, 0.05) is 32.8 Å². The lowest BCUT2D eigenvalue weighted by Gasteiger charge is -2.30. The van der Waals surface area contributed by atoms with Gasteiger partial charge >= 0.3 is 0 Å². The summed E-state index contributed by atoms with van der Waals surface area (Å²) in [5, 5.41) is 11.4. The van der Waals surface area contributed by atoms with Crippen LogP contribution < -0.4 is 5.32 Å². The van der Waals surface area contributed by atoms with Crippen molar-refractivity contribution in [2.45, 2.75) is 45.4 Å². The first-order chi connectivity index (χ1) is 16.1. The highest BCUT2D eigenvalue weighted by atomic mass is 19.1. The molecule has 0 bridgehead atoms. The van der Waals surface area contributed by atoms with Crippen molar-refractivity contribution in [1.82, 2.24) is 25.2 Å². The van der Waals surface area contributed by atoms with Gasteiger partial charge in [0.25, 0.3) is 5.91 Å². The minimum atomic E-state index is -0.218. The molecule has 1 amide bonds. The molecule has 1 saturated heterocycles. The molecule has 1 N–H and O–H groups in total. The highest BCUT2D eigenvalue weighted by Gasteiger charge is 2.24. The molecule has 5 rings (SSSR count). The maximum atomic E-state index is 13.2. The second-order valence-corrected chi connectivity index (χ2v) is 8.78. The van der Waals surface area contributed by atoms with Crippen LogP contribution in [0.4, 0.5) is 4.39 Å². The van der Waals surface area contributed by atoms with E-state index in [1.807, 2.05) is 31.2 Å². The first kappa shape index (κ1) is 21.7. The first-order valence-electron chi connectivity index (χ1n) is 11.5. The number of nitrogens with zero attached hydrogens (tertiary/aromatic N) is 4.